The van der Waals surface area contributed by atoms with E-state index in [-0.39, 0.29) is 5.91 Å². The summed E-state index contributed by atoms with van der Waals surface area (Å²) >= 11 is 0. The van der Waals surface area contributed by atoms with Gasteiger partial charge in [0.25, 0.3) is 5.91 Å². The Labute approximate surface area is 109 Å². The zero-order chi connectivity index (χ0) is 13.0. The molecule has 1 fully saturated rings. The first-order valence-corrected chi connectivity index (χ1v) is 6.77. The molecule has 3 heteroatoms. The highest BCUT2D eigenvalue weighted by Crippen LogP contribution is 2.22. The van der Waals surface area contributed by atoms with Crippen LogP contribution in [-0.4, -0.2) is 11.9 Å². The lowest BCUT2D eigenvalue weighted by atomic mass is 9.88. The Hall–Kier alpha value is -1.35. The average Bonchev–Trinajstić information content (AvgIpc) is 2.38. The molecule has 0 spiro atoms. The molecule has 1 aromatic rings. The summed E-state index contributed by atoms with van der Waals surface area (Å²) in [4.78, 5) is 11.9. The second-order valence-corrected chi connectivity index (χ2v) is 5.42. The molecule has 2 rings (SSSR count). The van der Waals surface area contributed by atoms with Crippen molar-refractivity contribution < 1.29 is 4.79 Å². The first-order valence-electron chi connectivity index (χ1n) is 6.77. The fourth-order valence-electron chi connectivity index (χ4n) is 2.35. The number of hydrogen-bond acceptors (Lipinski definition) is 2. The highest BCUT2D eigenvalue weighted by molar-refractivity contribution is 5.93. The molecule has 0 aromatic heterocycles. The van der Waals surface area contributed by atoms with Crippen molar-refractivity contribution in [2.75, 3.05) is 0 Å². The zero-order valence-corrected chi connectivity index (χ0v) is 11.2. The van der Waals surface area contributed by atoms with Crippen LogP contribution in [0.3, 0.4) is 0 Å². The number of benzene rings is 1. The Morgan fingerprint density at radius 3 is 2.33 bits per heavy atom. The van der Waals surface area contributed by atoms with Crippen molar-refractivity contribution in [3.8, 4) is 0 Å². The molecule has 0 bridgehead atoms. The van der Waals surface area contributed by atoms with Crippen LogP contribution in [0.4, 0.5) is 0 Å². The van der Waals surface area contributed by atoms with Crippen LogP contribution in [0.1, 0.15) is 48.5 Å². The van der Waals surface area contributed by atoms with Crippen molar-refractivity contribution in [3.63, 3.8) is 0 Å². The van der Waals surface area contributed by atoms with Gasteiger partial charge >= 0.3 is 0 Å². The molecule has 0 heterocycles. The van der Waals surface area contributed by atoms with Crippen LogP contribution in [0.2, 0.25) is 0 Å². The van der Waals surface area contributed by atoms with E-state index >= 15 is 0 Å². The van der Waals surface area contributed by atoms with Crippen LogP contribution in [-0.2, 0) is 0 Å². The van der Waals surface area contributed by atoms with Gasteiger partial charge in [0.1, 0.15) is 0 Å². The fraction of sp³-hybridized carbons (Fsp3) is 0.533. The molecular weight excluding hydrogens is 224 g/mol. The minimum absolute atomic E-state index is 0.0476. The van der Waals surface area contributed by atoms with Gasteiger partial charge in [-0.2, -0.15) is 0 Å². The highest BCUT2D eigenvalue weighted by Gasteiger charge is 2.18. The van der Waals surface area contributed by atoms with Crippen LogP contribution in [0, 0.1) is 12.8 Å². The molecule has 0 radical (unpaired) electrons. The molecule has 98 valence electrons. The molecule has 0 aliphatic heterocycles. The van der Waals surface area contributed by atoms with Crippen molar-refractivity contribution in [1.82, 2.24) is 10.9 Å². The Morgan fingerprint density at radius 2 is 1.72 bits per heavy atom. The summed E-state index contributed by atoms with van der Waals surface area (Å²) in [5, 5.41) is 0. The molecule has 0 unspecified atom stereocenters. The zero-order valence-electron chi connectivity index (χ0n) is 11.2. The van der Waals surface area contributed by atoms with Crippen molar-refractivity contribution in [2.24, 2.45) is 5.92 Å². The van der Waals surface area contributed by atoms with Gasteiger partial charge < -0.3 is 0 Å². The molecule has 3 nitrogen and oxygen atoms in total. The minimum Gasteiger partial charge on any atom is -0.287 e. The van der Waals surface area contributed by atoms with Gasteiger partial charge in [-0.05, 0) is 50.7 Å². The third kappa shape index (κ3) is 3.57. The largest absolute Gasteiger partial charge is 0.287 e. The Balaban J connectivity index is 1.79. The number of amides is 1. The van der Waals surface area contributed by atoms with Crippen molar-refractivity contribution >= 4 is 5.91 Å². The standard InChI is InChI=1S/C15H22N2O/c1-11-3-7-13(8-4-11)15(18)17-16-14-9-5-12(2)6-10-14/h3-4,7-8,12,14,16H,5-6,9-10H2,1-2H3,(H,17,18). The summed E-state index contributed by atoms with van der Waals surface area (Å²) < 4.78 is 0. The van der Waals surface area contributed by atoms with Gasteiger partial charge in [0.2, 0.25) is 0 Å². The molecule has 0 atom stereocenters. The van der Waals surface area contributed by atoms with E-state index in [1.807, 2.05) is 31.2 Å². The van der Waals surface area contributed by atoms with E-state index < -0.39 is 0 Å². The maximum atomic E-state index is 11.9. The molecule has 2 N–H and O–H groups in total. The van der Waals surface area contributed by atoms with Gasteiger partial charge in [-0.3, -0.25) is 10.2 Å². The molecule has 0 saturated heterocycles. The van der Waals surface area contributed by atoms with Gasteiger partial charge in [-0.15, -0.1) is 0 Å². The lowest BCUT2D eigenvalue weighted by molar-refractivity contribution is 0.0917. The van der Waals surface area contributed by atoms with Gasteiger partial charge in [-0.25, -0.2) is 5.43 Å². The summed E-state index contributed by atoms with van der Waals surface area (Å²) in [5.74, 6) is 0.782. The highest BCUT2D eigenvalue weighted by atomic mass is 16.2. The van der Waals surface area contributed by atoms with Crippen LogP contribution in [0.25, 0.3) is 0 Å². The third-order valence-corrected chi connectivity index (χ3v) is 3.72. The average molecular weight is 246 g/mol. The van der Waals surface area contributed by atoms with E-state index in [0.717, 1.165) is 18.8 Å². The molecule has 18 heavy (non-hydrogen) atoms. The van der Waals surface area contributed by atoms with E-state index in [0.29, 0.717) is 11.6 Å². The quantitative estimate of drug-likeness (QED) is 0.805. The van der Waals surface area contributed by atoms with Crippen LogP contribution in [0.5, 0.6) is 0 Å². The molecule has 1 aliphatic rings. The lowest BCUT2D eigenvalue weighted by Crippen LogP contribution is -2.45. The number of aryl methyl sites for hydroxylation is 1. The second-order valence-electron chi connectivity index (χ2n) is 5.42. The minimum atomic E-state index is -0.0476. The first-order chi connectivity index (χ1) is 8.65. The van der Waals surface area contributed by atoms with E-state index in [4.69, 9.17) is 0 Å². The molecular formula is C15H22N2O. The Kier molecular flexibility index (Phi) is 4.37. The number of carbonyl (C=O) groups excluding carboxylic acids is 1. The summed E-state index contributed by atoms with van der Waals surface area (Å²) in [6.07, 6.45) is 4.79. The number of carbonyl (C=O) groups is 1. The number of rotatable bonds is 3. The van der Waals surface area contributed by atoms with Gasteiger partial charge in [-0.1, -0.05) is 24.6 Å². The van der Waals surface area contributed by atoms with E-state index in [9.17, 15) is 4.79 Å². The summed E-state index contributed by atoms with van der Waals surface area (Å²) in [5.41, 5.74) is 7.84. The molecule has 1 aromatic carbocycles. The second kappa shape index (κ2) is 6.01. The number of nitrogens with one attached hydrogen (secondary N) is 2. The molecule has 1 aliphatic carbocycles. The fourth-order valence-corrected chi connectivity index (χ4v) is 2.35. The smallest absolute Gasteiger partial charge is 0.265 e. The Bertz CT molecular complexity index is 391. The number of hydrogen-bond donors (Lipinski definition) is 2. The van der Waals surface area contributed by atoms with Crippen LogP contribution >= 0.6 is 0 Å². The third-order valence-electron chi connectivity index (χ3n) is 3.72. The SMILES string of the molecule is Cc1ccc(C(=O)NNC2CCC(C)CC2)cc1. The lowest BCUT2D eigenvalue weighted by Gasteiger charge is -2.27. The van der Waals surface area contributed by atoms with E-state index in [2.05, 4.69) is 17.8 Å². The van der Waals surface area contributed by atoms with Crippen molar-refractivity contribution in [2.45, 2.75) is 45.6 Å². The van der Waals surface area contributed by atoms with Crippen LogP contribution < -0.4 is 10.9 Å². The predicted octanol–water partition coefficient (Wildman–Crippen LogP) is 2.81. The van der Waals surface area contributed by atoms with Gasteiger partial charge in [0.15, 0.2) is 0 Å². The maximum absolute atomic E-state index is 11.9. The Morgan fingerprint density at radius 1 is 1.11 bits per heavy atom. The van der Waals surface area contributed by atoms with E-state index in [1.165, 1.54) is 18.4 Å². The van der Waals surface area contributed by atoms with Gasteiger partial charge in [0.05, 0.1) is 0 Å². The summed E-state index contributed by atoms with van der Waals surface area (Å²) in [7, 11) is 0. The number of hydrazine groups is 1. The monoisotopic (exact) mass is 246 g/mol. The molecule has 1 saturated carbocycles. The van der Waals surface area contributed by atoms with E-state index in [1.54, 1.807) is 0 Å². The van der Waals surface area contributed by atoms with Gasteiger partial charge in [0, 0.05) is 11.6 Å². The molecule has 1 amide bonds. The van der Waals surface area contributed by atoms with Crippen molar-refractivity contribution in [3.05, 3.63) is 35.4 Å². The van der Waals surface area contributed by atoms with Crippen molar-refractivity contribution in [1.29, 1.82) is 0 Å². The normalized spacial score (nSPS) is 23.7. The predicted molar refractivity (Wildman–Crippen MR) is 73.2 cm³/mol. The first kappa shape index (κ1) is 13.1. The topological polar surface area (TPSA) is 41.1 Å². The summed E-state index contributed by atoms with van der Waals surface area (Å²) in [6, 6.07) is 8.05. The summed E-state index contributed by atoms with van der Waals surface area (Å²) in [6.45, 7) is 4.31. The maximum Gasteiger partial charge on any atom is 0.265 e. The van der Waals surface area contributed by atoms with Crippen LogP contribution in [0.15, 0.2) is 24.3 Å².